The van der Waals surface area contributed by atoms with Crippen LogP contribution in [-0.4, -0.2) is 67.2 Å². The molecule has 5 heteroatoms. The Balaban J connectivity index is 0.00000115. The van der Waals surface area contributed by atoms with E-state index < -0.39 is 0 Å². The predicted octanol–water partition coefficient (Wildman–Crippen LogP) is 7.22. The van der Waals surface area contributed by atoms with E-state index in [4.69, 9.17) is 9.47 Å². The number of hydrogen-bond acceptors (Lipinski definition) is 4. The monoisotopic (exact) mass is 516 g/mol. The Morgan fingerprint density at radius 1 is 1.03 bits per heavy atom. The number of carbonyl (C=O) groups is 1. The lowest BCUT2D eigenvalue weighted by Crippen LogP contribution is -2.43. The quantitative estimate of drug-likeness (QED) is 0.294. The Morgan fingerprint density at radius 2 is 1.76 bits per heavy atom. The van der Waals surface area contributed by atoms with Gasteiger partial charge in [-0.15, -0.1) is 0 Å². The third-order valence-corrected chi connectivity index (χ3v) is 7.81. The smallest absolute Gasteiger partial charge is 0.236 e. The van der Waals surface area contributed by atoms with Crippen LogP contribution in [0.2, 0.25) is 0 Å². The average molecular weight is 517 g/mol. The van der Waals surface area contributed by atoms with Crippen LogP contribution < -0.4 is 4.74 Å². The number of ether oxygens (including phenoxy) is 2. The summed E-state index contributed by atoms with van der Waals surface area (Å²) in [7, 11) is 0. The molecule has 1 aromatic rings. The van der Waals surface area contributed by atoms with Gasteiger partial charge in [0.2, 0.25) is 5.91 Å². The molecule has 2 saturated heterocycles. The molecule has 4 rings (SSSR count). The Bertz CT molecular complexity index is 754. The van der Waals surface area contributed by atoms with Gasteiger partial charge in [-0.3, -0.25) is 9.69 Å². The van der Waals surface area contributed by atoms with Crippen LogP contribution >= 0.6 is 0 Å². The molecule has 0 radical (unpaired) electrons. The number of hydrogen-bond donors (Lipinski definition) is 0. The van der Waals surface area contributed by atoms with E-state index in [0.717, 1.165) is 90.0 Å². The summed E-state index contributed by atoms with van der Waals surface area (Å²) in [4.78, 5) is 18.0. The Morgan fingerprint density at radius 3 is 2.41 bits per heavy atom. The standard InChI is InChI=1S/C28H44N2O3.2C2H6/c1-3-5-14-29(15-6-4-2)28(31)21-30-20-24(19-25(30)10-11-26-8-7-16-32-26)22-9-12-27-23(18-22)13-17-33-27;2*1-2/h9,12,18,24-26H,3-8,10-11,13-17,19-21H2,1-2H3;2*1-2H3. The minimum atomic E-state index is 0.321. The van der Waals surface area contributed by atoms with Crippen LogP contribution in [0.1, 0.15) is 116 Å². The average Bonchev–Trinajstić information content (AvgIpc) is 3.71. The molecule has 2 fully saturated rings. The molecular weight excluding hydrogens is 460 g/mol. The Labute approximate surface area is 228 Å². The third kappa shape index (κ3) is 9.58. The molecule has 0 saturated carbocycles. The summed E-state index contributed by atoms with van der Waals surface area (Å²) in [5.74, 6) is 1.88. The van der Waals surface area contributed by atoms with E-state index in [1.165, 1.54) is 24.0 Å². The minimum Gasteiger partial charge on any atom is -0.493 e. The number of carbonyl (C=O) groups excluding carboxylic acids is 1. The predicted molar refractivity (Wildman–Crippen MR) is 156 cm³/mol. The van der Waals surface area contributed by atoms with Crippen molar-refractivity contribution >= 4 is 5.91 Å². The van der Waals surface area contributed by atoms with Gasteiger partial charge in [0.25, 0.3) is 0 Å². The molecule has 212 valence electrons. The van der Waals surface area contributed by atoms with Gasteiger partial charge in [-0.2, -0.15) is 0 Å². The number of nitrogens with zero attached hydrogens (tertiary/aromatic N) is 2. The molecule has 3 heterocycles. The van der Waals surface area contributed by atoms with Crippen LogP contribution in [0.4, 0.5) is 0 Å². The van der Waals surface area contributed by atoms with Gasteiger partial charge in [0.1, 0.15) is 5.75 Å². The maximum atomic E-state index is 13.4. The lowest BCUT2D eigenvalue weighted by Gasteiger charge is -2.29. The molecule has 3 atom stereocenters. The van der Waals surface area contributed by atoms with E-state index in [0.29, 0.717) is 30.5 Å². The first-order chi connectivity index (χ1) is 18.2. The number of likely N-dealkylation sites (tertiary alicyclic amines) is 1. The van der Waals surface area contributed by atoms with Crippen molar-refractivity contribution in [3.63, 3.8) is 0 Å². The van der Waals surface area contributed by atoms with E-state index >= 15 is 0 Å². The van der Waals surface area contributed by atoms with E-state index in [-0.39, 0.29) is 0 Å². The number of fused-ring (bicyclic) bond motifs is 1. The first-order valence-corrected chi connectivity index (χ1v) is 15.6. The number of amides is 1. The fourth-order valence-corrected chi connectivity index (χ4v) is 5.76. The first kappa shape index (κ1) is 31.6. The van der Waals surface area contributed by atoms with E-state index in [1.54, 1.807) is 0 Å². The molecular formula is C32H56N2O3. The van der Waals surface area contributed by atoms with Crippen LogP contribution in [0, 0.1) is 0 Å². The van der Waals surface area contributed by atoms with Crippen LogP contribution in [0.15, 0.2) is 18.2 Å². The third-order valence-electron chi connectivity index (χ3n) is 7.81. The summed E-state index contributed by atoms with van der Waals surface area (Å²) in [6.45, 7) is 17.5. The zero-order valence-corrected chi connectivity index (χ0v) is 24.9. The SMILES string of the molecule is CC.CC.CCCCN(CCCC)C(=O)CN1CC(c2ccc3c(c2)CCO3)CC1CCC1CCCO1. The molecule has 0 spiro atoms. The maximum Gasteiger partial charge on any atom is 0.236 e. The highest BCUT2D eigenvalue weighted by molar-refractivity contribution is 5.78. The Kier molecular flexibility index (Phi) is 15.2. The summed E-state index contributed by atoms with van der Waals surface area (Å²) >= 11 is 0. The lowest BCUT2D eigenvalue weighted by molar-refractivity contribution is -0.132. The summed E-state index contributed by atoms with van der Waals surface area (Å²) in [6.07, 6.45) is 11.7. The Hall–Kier alpha value is -1.59. The normalized spacial score (nSPS) is 22.4. The van der Waals surface area contributed by atoms with Gasteiger partial charge in [-0.05, 0) is 68.1 Å². The highest BCUT2D eigenvalue weighted by Gasteiger charge is 2.35. The summed E-state index contributed by atoms with van der Waals surface area (Å²) in [5.41, 5.74) is 2.77. The first-order valence-electron chi connectivity index (χ1n) is 15.6. The second-order valence-corrected chi connectivity index (χ2v) is 10.3. The van der Waals surface area contributed by atoms with Crippen LogP contribution in [0.3, 0.4) is 0 Å². The molecule has 0 N–H and O–H groups in total. The highest BCUT2D eigenvalue weighted by Crippen LogP contribution is 2.37. The van der Waals surface area contributed by atoms with Crippen molar-refractivity contribution in [3.8, 4) is 5.75 Å². The van der Waals surface area contributed by atoms with Crippen molar-refractivity contribution in [2.24, 2.45) is 0 Å². The molecule has 37 heavy (non-hydrogen) atoms. The molecule has 0 aromatic heterocycles. The van der Waals surface area contributed by atoms with Gasteiger partial charge in [0.05, 0.1) is 19.3 Å². The fourth-order valence-electron chi connectivity index (χ4n) is 5.76. The van der Waals surface area contributed by atoms with Gasteiger partial charge in [-0.1, -0.05) is 66.5 Å². The molecule has 3 aliphatic rings. The fraction of sp³-hybridized carbons (Fsp3) is 0.781. The number of rotatable bonds is 12. The molecule has 3 aliphatic heterocycles. The van der Waals surface area contributed by atoms with Crippen LogP contribution in [0.25, 0.3) is 0 Å². The van der Waals surface area contributed by atoms with Crippen LogP contribution in [0.5, 0.6) is 5.75 Å². The van der Waals surface area contributed by atoms with Gasteiger partial charge in [0.15, 0.2) is 0 Å². The zero-order chi connectivity index (χ0) is 27.0. The second-order valence-electron chi connectivity index (χ2n) is 10.3. The van der Waals surface area contributed by atoms with Crippen molar-refractivity contribution in [1.29, 1.82) is 0 Å². The maximum absolute atomic E-state index is 13.4. The zero-order valence-electron chi connectivity index (χ0n) is 24.9. The minimum absolute atomic E-state index is 0.321. The molecule has 5 nitrogen and oxygen atoms in total. The number of unbranched alkanes of at least 4 members (excludes halogenated alkanes) is 2. The van der Waals surface area contributed by atoms with Crippen molar-refractivity contribution in [1.82, 2.24) is 9.80 Å². The molecule has 3 unspecified atom stereocenters. The van der Waals surface area contributed by atoms with Crippen molar-refractivity contribution in [3.05, 3.63) is 29.3 Å². The molecule has 0 bridgehead atoms. The van der Waals surface area contributed by atoms with E-state index in [1.807, 2.05) is 27.7 Å². The van der Waals surface area contributed by atoms with Gasteiger partial charge >= 0.3 is 0 Å². The summed E-state index contributed by atoms with van der Waals surface area (Å²) < 4.78 is 11.6. The van der Waals surface area contributed by atoms with Crippen molar-refractivity contribution in [2.75, 3.05) is 39.4 Å². The van der Waals surface area contributed by atoms with Crippen LogP contribution in [-0.2, 0) is 16.0 Å². The molecule has 1 amide bonds. The van der Waals surface area contributed by atoms with E-state index in [9.17, 15) is 4.79 Å². The largest absolute Gasteiger partial charge is 0.493 e. The highest BCUT2D eigenvalue weighted by atomic mass is 16.5. The second kappa shape index (κ2) is 17.8. The molecule has 0 aliphatic carbocycles. The summed E-state index contributed by atoms with van der Waals surface area (Å²) in [5, 5.41) is 0. The van der Waals surface area contributed by atoms with E-state index in [2.05, 4.69) is 41.8 Å². The topological polar surface area (TPSA) is 42.0 Å². The van der Waals surface area contributed by atoms with Crippen molar-refractivity contribution < 1.29 is 14.3 Å². The van der Waals surface area contributed by atoms with Gasteiger partial charge in [0, 0.05) is 38.7 Å². The van der Waals surface area contributed by atoms with Crippen molar-refractivity contribution in [2.45, 2.75) is 124 Å². The summed E-state index contributed by atoms with van der Waals surface area (Å²) in [6, 6.07) is 7.24. The van der Waals surface area contributed by atoms with Gasteiger partial charge < -0.3 is 14.4 Å². The number of benzene rings is 1. The lowest BCUT2D eigenvalue weighted by atomic mass is 9.93. The molecule has 1 aromatic carbocycles. The van der Waals surface area contributed by atoms with Gasteiger partial charge in [-0.25, -0.2) is 0 Å².